The molecule has 0 aromatic carbocycles. The van der Waals surface area contributed by atoms with Crippen molar-refractivity contribution in [3.8, 4) is 0 Å². The van der Waals surface area contributed by atoms with E-state index in [1.54, 1.807) is 11.8 Å². The van der Waals surface area contributed by atoms with Gasteiger partial charge in [0.1, 0.15) is 0 Å². The Hall–Kier alpha value is -1.14. The lowest BCUT2D eigenvalue weighted by atomic mass is 10.1. The quantitative estimate of drug-likeness (QED) is 0.572. The van der Waals surface area contributed by atoms with Crippen LogP contribution in [-0.2, 0) is 9.59 Å². The van der Waals surface area contributed by atoms with Gasteiger partial charge in [-0.1, -0.05) is 0 Å². The molecule has 2 atom stereocenters. The molecule has 100 valence electrons. The first kappa shape index (κ1) is 15.9. The molecule has 1 amide bonds. The average molecular weight is 246 g/mol. The number of carbonyl (C=O) groups excluding carboxylic acids is 1. The van der Waals surface area contributed by atoms with E-state index < -0.39 is 17.6 Å². The average Bonchev–Trinajstić information content (AvgIpc) is 2.27. The van der Waals surface area contributed by atoms with E-state index >= 15 is 0 Å². The van der Waals surface area contributed by atoms with Crippen LogP contribution in [0.2, 0.25) is 0 Å². The van der Waals surface area contributed by atoms with Gasteiger partial charge >= 0.3 is 5.97 Å². The zero-order chi connectivity index (χ0) is 13.6. The maximum atomic E-state index is 11.8. The van der Waals surface area contributed by atoms with Gasteiger partial charge in [-0.05, 0) is 27.7 Å². The molecular formula is C11H22N2O4. The Kier molecular flexibility index (Phi) is 6.12. The third kappa shape index (κ3) is 4.70. The first-order valence-electron chi connectivity index (χ1n) is 5.74. The monoisotopic (exact) mass is 246 g/mol. The smallest absolute Gasteiger partial charge is 0.336 e. The third-order valence-electron chi connectivity index (χ3n) is 2.66. The van der Waals surface area contributed by atoms with Crippen LogP contribution in [0.15, 0.2) is 0 Å². The lowest BCUT2D eigenvalue weighted by molar-refractivity contribution is -0.156. The Morgan fingerprint density at radius 1 is 1.35 bits per heavy atom. The first-order valence-corrected chi connectivity index (χ1v) is 5.74. The summed E-state index contributed by atoms with van der Waals surface area (Å²) in [4.78, 5) is 24.1. The molecule has 0 aromatic heterocycles. The SMILES string of the molecule is CCN(CC)C(=O)C(C)NCC(C)(O)C(=O)O. The van der Waals surface area contributed by atoms with Crippen molar-refractivity contribution in [1.29, 1.82) is 0 Å². The standard InChI is InChI=1S/C11H22N2O4/c1-5-13(6-2)9(14)8(3)12-7-11(4,17)10(15)16/h8,12,17H,5-7H2,1-4H3,(H,15,16). The Morgan fingerprint density at radius 3 is 2.18 bits per heavy atom. The number of nitrogens with one attached hydrogen (secondary N) is 1. The van der Waals surface area contributed by atoms with Crippen LogP contribution >= 0.6 is 0 Å². The fraction of sp³-hybridized carbons (Fsp3) is 0.818. The maximum Gasteiger partial charge on any atom is 0.336 e. The molecular weight excluding hydrogens is 224 g/mol. The van der Waals surface area contributed by atoms with Gasteiger partial charge in [0.2, 0.25) is 5.91 Å². The number of aliphatic hydroxyl groups is 1. The fourth-order valence-corrected chi connectivity index (χ4v) is 1.32. The van der Waals surface area contributed by atoms with Crippen molar-refractivity contribution < 1.29 is 19.8 Å². The number of carbonyl (C=O) groups is 2. The van der Waals surface area contributed by atoms with E-state index in [9.17, 15) is 14.7 Å². The number of hydrogen-bond acceptors (Lipinski definition) is 4. The van der Waals surface area contributed by atoms with Crippen molar-refractivity contribution in [3.63, 3.8) is 0 Å². The molecule has 0 fully saturated rings. The van der Waals surface area contributed by atoms with Crippen molar-refractivity contribution in [3.05, 3.63) is 0 Å². The highest BCUT2D eigenvalue weighted by molar-refractivity contribution is 5.81. The molecule has 6 heteroatoms. The Morgan fingerprint density at radius 2 is 1.82 bits per heavy atom. The number of aliphatic carboxylic acids is 1. The fourth-order valence-electron chi connectivity index (χ4n) is 1.32. The summed E-state index contributed by atoms with van der Waals surface area (Å²) in [6.07, 6.45) is 0. The van der Waals surface area contributed by atoms with E-state index in [-0.39, 0.29) is 12.5 Å². The van der Waals surface area contributed by atoms with Crippen molar-refractivity contribution >= 4 is 11.9 Å². The van der Waals surface area contributed by atoms with E-state index in [1.165, 1.54) is 6.92 Å². The normalized spacial score (nSPS) is 16.1. The lowest BCUT2D eigenvalue weighted by Crippen LogP contribution is -2.51. The van der Waals surface area contributed by atoms with Crippen LogP contribution in [0.25, 0.3) is 0 Å². The molecule has 0 spiro atoms. The van der Waals surface area contributed by atoms with Crippen LogP contribution in [0.3, 0.4) is 0 Å². The summed E-state index contributed by atoms with van der Waals surface area (Å²) >= 11 is 0. The molecule has 0 aliphatic heterocycles. The number of carboxylic acid groups (broad SMARTS) is 1. The molecule has 2 unspecified atom stereocenters. The molecule has 0 aromatic rings. The summed E-state index contributed by atoms with van der Waals surface area (Å²) in [6.45, 7) is 7.64. The zero-order valence-corrected chi connectivity index (χ0v) is 10.9. The third-order valence-corrected chi connectivity index (χ3v) is 2.66. The highest BCUT2D eigenvalue weighted by atomic mass is 16.4. The lowest BCUT2D eigenvalue weighted by Gasteiger charge is -2.26. The number of nitrogens with zero attached hydrogens (tertiary/aromatic N) is 1. The minimum atomic E-state index is -1.86. The molecule has 0 saturated carbocycles. The van der Waals surface area contributed by atoms with Gasteiger partial charge in [0, 0.05) is 19.6 Å². The molecule has 0 aliphatic rings. The molecule has 6 nitrogen and oxygen atoms in total. The summed E-state index contributed by atoms with van der Waals surface area (Å²) in [5.41, 5.74) is -1.86. The maximum absolute atomic E-state index is 11.8. The molecule has 17 heavy (non-hydrogen) atoms. The Labute approximate surface area is 102 Å². The molecule has 0 saturated heterocycles. The van der Waals surface area contributed by atoms with Crippen molar-refractivity contribution in [2.75, 3.05) is 19.6 Å². The first-order chi connectivity index (χ1) is 7.76. The summed E-state index contributed by atoms with van der Waals surface area (Å²) < 4.78 is 0. The number of rotatable bonds is 7. The Balaban J connectivity index is 4.32. The van der Waals surface area contributed by atoms with Crippen LogP contribution in [0.4, 0.5) is 0 Å². The van der Waals surface area contributed by atoms with E-state index in [0.717, 1.165) is 0 Å². The molecule has 3 N–H and O–H groups in total. The largest absolute Gasteiger partial charge is 0.479 e. The minimum absolute atomic E-state index is 0.101. The van der Waals surface area contributed by atoms with E-state index in [2.05, 4.69) is 5.32 Å². The second kappa shape index (κ2) is 6.56. The van der Waals surface area contributed by atoms with Gasteiger partial charge in [0.15, 0.2) is 5.60 Å². The van der Waals surface area contributed by atoms with Crippen molar-refractivity contribution in [1.82, 2.24) is 10.2 Å². The predicted molar refractivity (Wildman–Crippen MR) is 63.7 cm³/mol. The van der Waals surface area contributed by atoms with Gasteiger partial charge in [-0.15, -0.1) is 0 Å². The molecule has 0 heterocycles. The number of carboxylic acids is 1. The molecule has 0 aliphatic carbocycles. The van der Waals surface area contributed by atoms with E-state index in [4.69, 9.17) is 5.11 Å². The number of likely N-dealkylation sites (N-methyl/N-ethyl adjacent to an activating group) is 1. The van der Waals surface area contributed by atoms with Crippen LogP contribution in [-0.4, -0.2) is 58.3 Å². The van der Waals surface area contributed by atoms with Crippen LogP contribution in [0.1, 0.15) is 27.7 Å². The summed E-state index contributed by atoms with van der Waals surface area (Å²) in [5, 5.41) is 20.9. The van der Waals surface area contributed by atoms with Crippen LogP contribution < -0.4 is 5.32 Å². The molecule has 0 radical (unpaired) electrons. The zero-order valence-electron chi connectivity index (χ0n) is 10.9. The van der Waals surface area contributed by atoms with Crippen LogP contribution in [0.5, 0.6) is 0 Å². The summed E-state index contributed by atoms with van der Waals surface area (Å²) in [7, 11) is 0. The highest BCUT2D eigenvalue weighted by Crippen LogP contribution is 2.02. The molecule has 0 rings (SSSR count). The number of amides is 1. The topological polar surface area (TPSA) is 89.9 Å². The van der Waals surface area contributed by atoms with Gasteiger partial charge < -0.3 is 20.4 Å². The van der Waals surface area contributed by atoms with Crippen LogP contribution in [0, 0.1) is 0 Å². The van der Waals surface area contributed by atoms with Crippen molar-refractivity contribution in [2.45, 2.75) is 39.3 Å². The Bertz CT molecular complexity index is 275. The predicted octanol–water partition coefficient (Wildman–Crippen LogP) is -0.331. The number of hydrogen-bond donors (Lipinski definition) is 3. The van der Waals surface area contributed by atoms with Gasteiger partial charge in [-0.3, -0.25) is 4.79 Å². The minimum Gasteiger partial charge on any atom is -0.479 e. The van der Waals surface area contributed by atoms with Gasteiger partial charge in [-0.25, -0.2) is 4.79 Å². The van der Waals surface area contributed by atoms with Gasteiger partial charge in [-0.2, -0.15) is 0 Å². The molecule has 0 bridgehead atoms. The van der Waals surface area contributed by atoms with Gasteiger partial charge in [0.05, 0.1) is 6.04 Å². The highest BCUT2D eigenvalue weighted by Gasteiger charge is 2.31. The summed E-state index contributed by atoms with van der Waals surface area (Å²) in [6, 6.07) is -0.513. The summed E-state index contributed by atoms with van der Waals surface area (Å²) in [5.74, 6) is -1.41. The van der Waals surface area contributed by atoms with Gasteiger partial charge in [0.25, 0.3) is 0 Å². The van der Waals surface area contributed by atoms with E-state index in [1.807, 2.05) is 13.8 Å². The second-order valence-corrected chi connectivity index (χ2v) is 4.19. The van der Waals surface area contributed by atoms with Crippen molar-refractivity contribution in [2.24, 2.45) is 0 Å². The second-order valence-electron chi connectivity index (χ2n) is 4.19. The van der Waals surface area contributed by atoms with E-state index in [0.29, 0.717) is 13.1 Å².